The monoisotopic (exact) mass is 380 g/mol. The van der Waals surface area contributed by atoms with Crippen molar-refractivity contribution in [1.82, 2.24) is 15.1 Å². The molecule has 0 bridgehead atoms. The Kier molecular flexibility index (Phi) is 7.26. The lowest BCUT2D eigenvalue weighted by molar-refractivity contribution is -0.143. The van der Waals surface area contributed by atoms with Gasteiger partial charge in [-0.1, -0.05) is 0 Å². The van der Waals surface area contributed by atoms with E-state index in [1.165, 1.54) is 4.90 Å². The molecule has 0 amide bonds. The Bertz CT molecular complexity index is 281. The van der Waals surface area contributed by atoms with Crippen molar-refractivity contribution in [3.05, 3.63) is 0 Å². The number of hydrogen-bond donors (Lipinski definition) is 1. The van der Waals surface area contributed by atoms with Crippen LogP contribution >= 0.6 is 24.0 Å². The van der Waals surface area contributed by atoms with Crippen LogP contribution in [0.1, 0.15) is 6.42 Å². The van der Waals surface area contributed by atoms with Crippen molar-refractivity contribution in [2.75, 3.05) is 40.8 Å². The number of nitrogens with one attached hydrogen (secondary N) is 1. The quantitative estimate of drug-likeness (QED) is 0.446. The molecule has 0 aromatic carbocycles. The van der Waals surface area contributed by atoms with E-state index in [0.717, 1.165) is 0 Å². The van der Waals surface area contributed by atoms with Crippen molar-refractivity contribution in [3.63, 3.8) is 0 Å². The normalized spacial score (nSPS) is 21.7. The van der Waals surface area contributed by atoms with E-state index in [0.29, 0.717) is 25.5 Å². The number of rotatable bonds is 2. The van der Waals surface area contributed by atoms with E-state index in [1.807, 2.05) is 19.0 Å². The van der Waals surface area contributed by atoms with Gasteiger partial charge in [0.2, 0.25) is 0 Å². The second-order valence-electron chi connectivity index (χ2n) is 4.42. The Labute approximate surface area is 123 Å². The smallest absolute Gasteiger partial charge is 0.352 e. The zero-order valence-electron chi connectivity index (χ0n) is 10.8. The molecule has 1 saturated heterocycles. The largest absolute Gasteiger partial charge is 0.401 e. The van der Waals surface area contributed by atoms with Crippen LogP contribution in [0.25, 0.3) is 0 Å². The van der Waals surface area contributed by atoms with Crippen molar-refractivity contribution in [3.8, 4) is 0 Å². The molecule has 1 aliphatic heterocycles. The summed E-state index contributed by atoms with van der Waals surface area (Å²) in [6.07, 6.45) is -3.40. The van der Waals surface area contributed by atoms with Crippen LogP contribution in [0.5, 0.6) is 0 Å². The summed E-state index contributed by atoms with van der Waals surface area (Å²) in [6, 6.07) is 0.0402. The molecule has 18 heavy (non-hydrogen) atoms. The average Bonchev–Trinajstić information content (AvgIpc) is 2.58. The summed E-state index contributed by atoms with van der Waals surface area (Å²) in [5, 5.41) is 3.15. The van der Waals surface area contributed by atoms with E-state index in [4.69, 9.17) is 0 Å². The summed E-state index contributed by atoms with van der Waals surface area (Å²) in [5.41, 5.74) is 0. The van der Waals surface area contributed by atoms with Gasteiger partial charge in [-0.25, -0.2) is 0 Å². The molecular formula is C10H20F3IN4. The lowest BCUT2D eigenvalue weighted by Gasteiger charge is -2.22. The first-order valence-corrected chi connectivity index (χ1v) is 5.51. The molecule has 1 heterocycles. The minimum absolute atomic E-state index is 0. The fourth-order valence-electron chi connectivity index (χ4n) is 1.92. The van der Waals surface area contributed by atoms with E-state index >= 15 is 0 Å². The third-order valence-electron chi connectivity index (χ3n) is 2.64. The molecule has 8 heteroatoms. The standard InChI is InChI=1S/C10H19F3N4.HI/c1-14-9(16(2)3)15-8-4-5-17(6-8)7-10(11,12)13;/h8H,4-7H2,1-3H3,(H,14,15);1H. The molecule has 0 saturated carbocycles. The van der Waals surface area contributed by atoms with Gasteiger partial charge in [0, 0.05) is 40.3 Å². The fourth-order valence-corrected chi connectivity index (χ4v) is 1.92. The average molecular weight is 380 g/mol. The third-order valence-corrected chi connectivity index (χ3v) is 2.64. The predicted octanol–water partition coefficient (Wildman–Crippen LogP) is 1.38. The molecule has 0 aliphatic carbocycles. The molecule has 0 aromatic heterocycles. The maximum Gasteiger partial charge on any atom is 0.401 e. The summed E-state index contributed by atoms with van der Waals surface area (Å²) in [4.78, 5) is 7.27. The number of guanidine groups is 1. The van der Waals surface area contributed by atoms with Gasteiger partial charge < -0.3 is 10.2 Å². The first-order valence-electron chi connectivity index (χ1n) is 5.51. The Morgan fingerprint density at radius 1 is 1.44 bits per heavy atom. The fraction of sp³-hybridized carbons (Fsp3) is 0.900. The number of hydrogen-bond acceptors (Lipinski definition) is 2. The first-order chi connectivity index (χ1) is 7.81. The summed E-state index contributed by atoms with van der Waals surface area (Å²) in [6.45, 7) is 0.0553. The number of alkyl halides is 3. The molecule has 1 fully saturated rings. The van der Waals surface area contributed by atoms with Gasteiger partial charge in [-0.3, -0.25) is 9.89 Å². The van der Waals surface area contributed by atoms with Gasteiger partial charge in [-0.15, -0.1) is 24.0 Å². The molecule has 1 rings (SSSR count). The highest BCUT2D eigenvalue weighted by Gasteiger charge is 2.34. The van der Waals surface area contributed by atoms with Gasteiger partial charge in [0.25, 0.3) is 0 Å². The molecule has 4 nitrogen and oxygen atoms in total. The topological polar surface area (TPSA) is 30.9 Å². The maximum atomic E-state index is 12.2. The SMILES string of the molecule is CN=C(NC1CCN(CC(F)(F)F)C1)N(C)C.I. The zero-order chi connectivity index (χ0) is 13.1. The highest BCUT2D eigenvalue weighted by atomic mass is 127. The first kappa shape index (κ1) is 17.8. The molecule has 0 spiro atoms. The van der Waals surface area contributed by atoms with E-state index in [1.54, 1.807) is 7.05 Å². The van der Waals surface area contributed by atoms with Crippen LogP contribution < -0.4 is 5.32 Å². The van der Waals surface area contributed by atoms with Crippen LogP contribution in [-0.4, -0.2) is 68.8 Å². The predicted molar refractivity (Wildman–Crippen MR) is 76.5 cm³/mol. The van der Waals surface area contributed by atoms with Gasteiger partial charge in [-0.05, 0) is 6.42 Å². The lowest BCUT2D eigenvalue weighted by Crippen LogP contribution is -2.44. The highest BCUT2D eigenvalue weighted by Crippen LogP contribution is 2.19. The Hall–Kier alpha value is -0.250. The van der Waals surface area contributed by atoms with E-state index in [9.17, 15) is 13.2 Å². The molecule has 1 atom stereocenters. The second-order valence-corrected chi connectivity index (χ2v) is 4.42. The van der Waals surface area contributed by atoms with Crippen LogP contribution in [0.2, 0.25) is 0 Å². The maximum absolute atomic E-state index is 12.2. The summed E-state index contributed by atoms with van der Waals surface area (Å²) < 4.78 is 36.6. The Morgan fingerprint density at radius 2 is 2.06 bits per heavy atom. The van der Waals surface area contributed by atoms with Crippen LogP contribution in [0.15, 0.2) is 4.99 Å². The van der Waals surface area contributed by atoms with Crippen molar-refractivity contribution >= 4 is 29.9 Å². The van der Waals surface area contributed by atoms with Gasteiger partial charge in [0.05, 0.1) is 6.54 Å². The van der Waals surface area contributed by atoms with Gasteiger partial charge >= 0.3 is 6.18 Å². The molecule has 108 valence electrons. The second kappa shape index (κ2) is 7.37. The van der Waals surface area contributed by atoms with Crippen LogP contribution in [0.4, 0.5) is 13.2 Å². The van der Waals surface area contributed by atoms with Gasteiger partial charge in [0.15, 0.2) is 5.96 Å². The van der Waals surface area contributed by atoms with Crippen molar-refractivity contribution in [2.24, 2.45) is 4.99 Å². The molecule has 1 aliphatic rings. The number of nitrogens with zero attached hydrogens (tertiary/aromatic N) is 3. The highest BCUT2D eigenvalue weighted by molar-refractivity contribution is 14.0. The van der Waals surface area contributed by atoms with E-state index in [2.05, 4.69) is 10.3 Å². The number of halogens is 4. The Balaban J connectivity index is 0.00000289. The zero-order valence-corrected chi connectivity index (χ0v) is 13.1. The molecule has 1 N–H and O–H groups in total. The third kappa shape index (κ3) is 6.07. The van der Waals surface area contributed by atoms with Gasteiger partial charge in [0.1, 0.15) is 0 Å². The van der Waals surface area contributed by atoms with Crippen LogP contribution in [0.3, 0.4) is 0 Å². The summed E-state index contributed by atoms with van der Waals surface area (Å²) in [7, 11) is 5.35. The van der Waals surface area contributed by atoms with Crippen LogP contribution in [-0.2, 0) is 0 Å². The van der Waals surface area contributed by atoms with E-state index < -0.39 is 12.7 Å². The minimum atomic E-state index is -4.11. The number of likely N-dealkylation sites (tertiary alicyclic amines) is 1. The lowest BCUT2D eigenvalue weighted by atomic mass is 10.3. The molecule has 1 unspecified atom stereocenters. The van der Waals surface area contributed by atoms with Crippen molar-refractivity contribution < 1.29 is 13.2 Å². The molecular weight excluding hydrogens is 360 g/mol. The minimum Gasteiger partial charge on any atom is -0.352 e. The van der Waals surface area contributed by atoms with E-state index in [-0.39, 0.29) is 30.0 Å². The van der Waals surface area contributed by atoms with Gasteiger partial charge in [-0.2, -0.15) is 13.2 Å². The van der Waals surface area contributed by atoms with Crippen molar-refractivity contribution in [2.45, 2.75) is 18.6 Å². The van der Waals surface area contributed by atoms with Crippen LogP contribution in [0, 0.1) is 0 Å². The number of aliphatic imine (C=N–C) groups is 1. The Morgan fingerprint density at radius 3 is 2.50 bits per heavy atom. The molecule has 0 aromatic rings. The summed E-state index contributed by atoms with van der Waals surface area (Å²) >= 11 is 0. The van der Waals surface area contributed by atoms with Crippen molar-refractivity contribution in [1.29, 1.82) is 0 Å². The summed E-state index contributed by atoms with van der Waals surface area (Å²) in [5.74, 6) is 0.698. The molecule has 0 radical (unpaired) electrons.